The fourth-order valence-corrected chi connectivity index (χ4v) is 3.16. The number of rotatable bonds is 3. The topological polar surface area (TPSA) is 70.7 Å². The number of anilines is 1. The van der Waals surface area contributed by atoms with E-state index >= 15 is 0 Å². The first-order valence-electron chi connectivity index (χ1n) is 7.15. The number of benzene rings is 2. The van der Waals surface area contributed by atoms with Crippen LogP contribution in [0.25, 0.3) is 21.5 Å². The van der Waals surface area contributed by atoms with Gasteiger partial charge in [-0.25, -0.2) is 9.37 Å². The Morgan fingerprint density at radius 3 is 2.96 bits per heavy atom. The first-order chi connectivity index (χ1) is 11.7. The number of amides is 1. The van der Waals surface area contributed by atoms with Crippen LogP contribution in [0, 0.1) is 5.82 Å². The number of hydrogen-bond donors (Lipinski definition) is 2. The molecule has 2 aromatic carbocycles. The minimum Gasteiger partial charge on any atom is -0.319 e. The Hall–Kier alpha value is -3.06. The van der Waals surface area contributed by atoms with Crippen LogP contribution in [-0.4, -0.2) is 21.1 Å². The number of hydrogen-bond acceptors (Lipinski definition) is 4. The summed E-state index contributed by atoms with van der Waals surface area (Å²) in [7, 11) is 0. The molecule has 0 saturated heterocycles. The lowest BCUT2D eigenvalue weighted by Gasteiger charge is -2.07. The maximum absolute atomic E-state index is 14.0. The van der Waals surface area contributed by atoms with E-state index < -0.39 is 0 Å². The monoisotopic (exact) mass is 338 g/mol. The summed E-state index contributed by atoms with van der Waals surface area (Å²) in [5.41, 5.74) is 4.30. The molecule has 0 aliphatic rings. The van der Waals surface area contributed by atoms with Gasteiger partial charge in [0.2, 0.25) is 0 Å². The zero-order chi connectivity index (χ0) is 16.5. The Bertz CT molecular complexity index is 1040. The van der Waals surface area contributed by atoms with Gasteiger partial charge in [0, 0.05) is 11.1 Å². The van der Waals surface area contributed by atoms with Gasteiger partial charge in [-0.05, 0) is 30.3 Å². The van der Waals surface area contributed by atoms with Crippen LogP contribution in [0.15, 0.2) is 54.2 Å². The van der Waals surface area contributed by atoms with Gasteiger partial charge < -0.3 is 5.32 Å². The molecule has 0 aliphatic heterocycles. The van der Waals surface area contributed by atoms with Gasteiger partial charge in [0.1, 0.15) is 5.82 Å². The maximum atomic E-state index is 14.0. The molecule has 0 unspecified atom stereocenters. The number of aromatic nitrogens is 3. The van der Waals surface area contributed by atoms with E-state index in [0.717, 1.165) is 10.2 Å². The molecule has 0 bridgehead atoms. The molecule has 2 heterocycles. The van der Waals surface area contributed by atoms with E-state index in [4.69, 9.17) is 0 Å². The summed E-state index contributed by atoms with van der Waals surface area (Å²) < 4.78 is 14.9. The number of halogens is 1. The maximum Gasteiger partial charge on any atom is 0.255 e. The van der Waals surface area contributed by atoms with Crippen LogP contribution in [-0.2, 0) is 0 Å². The molecule has 24 heavy (non-hydrogen) atoms. The Balaban J connectivity index is 1.65. The van der Waals surface area contributed by atoms with Crippen LogP contribution in [0.5, 0.6) is 0 Å². The molecular formula is C17H11FN4OS. The number of carbonyl (C=O) groups excluding carboxylic acids is 1. The molecule has 5 nitrogen and oxygen atoms in total. The summed E-state index contributed by atoms with van der Waals surface area (Å²) in [4.78, 5) is 16.7. The van der Waals surface area contributed by atoms with Gasteiger partial charge in [-0.15, -0.1) is 11.3 Å². The molecule has 1 amide bonds. The van der Waals surface area contributed by atoms with Crippen molar-refractivity contribution in [2.75, 3.05) is 5.32 Å². The third kappa shape index (κ3) is 2.55. The molecule has 4 rings (SSSR count). The summed E-state index contributed by atoms with van der Waals surface area (Å²) in [6.07, 6.45) is 1.46. The van der Waals surface area contributed by atoms with Crippen LogP contribution in [0.2, 0.25) is 0 Å². The van der Waals surface area contributed by atoms with E-state index in [1.165, 1.54) is 23.6 Å². The van der Waals surface area contributed by atoms with Gasteiger partial charge in [0.15, 0.2) is 0 Å². The quantitative estimate of drug-likeness (QED) is 0.591. The molecule has 4 aromatic rings. The third-order valence-electron chi connectivity index (χ3n) is 3.62. The molecular weight excluding hydrogens is 327 g/mol. The minimum atomic E-state index is -0.386. The highest BCUT2D eigenvalue weighted by atomic mass is 32.1. The van der Waals surface area contributed by atoms with Gasteiger partial charge in [0.25, 0.3) is 5.91 Å². The summed E-state index contributed by atoms with van der Waals surface area (Å²) >= 11 is 1.47. The van der Waals surface area contributed by atoms with Crippen LogP contribution in [0.3, 0.4) is 0 Å². The fraction of sp³-hybridized carbons (Fsp3) is 0. The molecule has 0 atom stereocenters. The molecule has 118 valence electrons. The lowest BCUT2D eigenvalue weighted by molar-refractivity contribution is 0.102. The van der Waals surface area contributed by atoms with Gasteiger partial charge in [-0.1, -0.05) is 12.1 Å². The van der Waals surface area contributed by atoms with E-state index in [2.05, 4.69) is 20.5 Å². The third-order valence-corrected chi connectivity index (χ3v) is 4.42. The number of carbonyl (C=O) groups is 1. The Morgan fingerprint density at radius 1 is 1.21 bits per heavy atom. The molecule has 2 N–H and O–H groups in total. The average molecular weight is 338 g/mol. The highest BCUT2D eigenvalue weighted by Crippen LogP contribution is 2.28. The van der Waals surface area contributed by atoms with E-state index in [9.17, 15) is 9.18 Å². The highest BCUT2D eigenvalue weighted by Gasteiger charge is 2.15. The van der Waals surface area contributed by atoms with Crippen molar-refractivity contribution in [2.45, 2.75) is 0 Å². The molecule has 0 fully saturated rings. The van der Waals surface area contributed by atoms with Crippen molar-refractivity contribution < 1.29 is 9.18 Å². The average Bonchev–Trinajstić information content (AvgIpc) is 3.23. The predicted molar refractivity (Wildman–Crippen MR) is 91.6 cm³/mol. The summed E-state index contributed by atoms with van der Waals surface area (Å²) in [6, 6.07) is 11.6. The van der Waals surface area contributed by atoms with E-state index in [1.54, 1.807) is 41.9 Å². The van der Waals surface area contributed by atoms with Gasteiger partial charge in [0.05, 0.1) is 33.3 Å². The second kappa shape index (κ2) is 5.86. The first kappa shape index (κ1) is 14.5. The predicted octanol–water partition coefficient (Wildman–Crippen LogP) is 4.08. The molecule has 2 aromatic heterocycles. The minimum absolute atomic E-state index is 0.288. The summed E-state index contributed by atoms with van der Waals surface area (Å²) in [6.45, 7) is 0. The van der Waals surface area contributed by atoms with E-state index in [-0.39, 0.29) is 11.7 Å². The van der Waals surface area contributed by atoms with Crippen LogP contribution < -0.4 is 5.32 Å². The Morgan fingerprint density at radius 2 is 2.08 bits per heavy atom. The standard InChI is InChI=1S/C17H11FN4OS/c18-12-4-2-1-3-11(12)16-14(8-20-22-16)21-17(23)10-5-6-13-15(7-10)24-9-19-13/h1-9H,(H,20,22)(H,21,23). The van der Waals surface area contributed by atoms with Crippen molar-refractivity contribution in [1.82, 2.24) is 15.2 Å². The van der Waals surface area contributed by atoms with Crippen molar-refractivity contribution >= 4 is 33.1 Å². The molecule has 0 spiro atoms. The van der Waals surface area contributed by atoms with E-state index in [1.807, 2.05) is 0 Å². The van der Waals surface area contributed by atoms with E-state index in [0.29, 0.717) is 22.5 Å². The second-order valence-electron chi connectivity index (χ2n) is 5.13. The normalized spacial score (nSPS) is 10.9. The van der Waals surface area contributed by atoms with Gasteiger partial charge >= 0.3 is 0 Å². The zero-order valence-corrected chi connectivity index (χ0v) is 13.1. The number of nitrogens with one attached hydrogen (secondary N) is 2. The lowest BCUT2D eigenvalue weighted by Crippen LogP contribution is -2.12. The Labute approximate surface area is 140 Å². The SMILES string of the molecule is O=C(Nc1cn[nH]c1-c1ccccc1F)c1ccc2ncsc2c1. The van der Waals surface area contributed by atoms with Crippen molar-refractivity contribution in [3.63, 3.8) is 0 Å². The number of fused-ring (bicyclic) bond motifs is 1. The Kier molecular flexibility index (Phi) is 3.55. The van der Waals surface area contributed by atoms with Crippen molar-refractivity contribution in [1.29, 1.82) is 0 Å². The number of thiazole rings is 1. The van der Waals surface area contributed by atoms with Crippen molar-refractivity contribution in [2.24, 2.45) is 0 Å². The number of H-pyrrole nitrogens is 1. The van der Waals surface area contributed by atoms with Crippen molar-refractivity contribution in [3.05, 3.63) is 65.6 Å². The van der Waals surface area contributed by atoms with Gasteiger partial charge in [-0.3, -0.25) is 9.89 Å². The first-order valence-corrected chi connectivity index (χ1v) is 8.03. The second-order valence-corrected chi connectivity index (χ2v) is 6.01. The molecule has 7 heteroatoms. The van der Waals surface area contributed by atoms with Crippen LogP contribution >= 0.6 is 11.3 Å². The lowest BCUT2D eigenvalue weighted by atomic mass is 10.1. The molecule has 0 saturated carbocycles. The summed E-state index contributed by atoms with van der Waals surface area (Å²) in [5, 5.41) is 9.42. The highest BCUT2D eigenvalue weighted by molar-refractivity contribution is 7.16. The number of nitrogens with zero attached hydrogens (tertiary/aromatic N) is 2. The van der Waals surface area contributed by atoms with Gasteiger partial charge in [-0.2, -0.15) is 5.10 Å². The zero-order valence-electron chi connectivity index (χ0n) is 12.3. The van der Waals surface area contributed by atoms with Crippen molar-refractivity contribution in [3.8, 4) is 11.3 Å². The largest absolute Gasteiger partial charge is 0.319 e. The summed E-state index contributed by atoms with van der Waals surface area (Å²) in [5.74, 6) is -0.674. The number of aromatic amines is 1. The van der Waals surface area contributed by atoms with Crippen LogP contribution in [0.4, 0.5) is 10.1 Å². The molecule has 0 aliphatic carbocycles. The smallest absolute Gasteiger partial charge is 0.255 e. The van der Waals surface area contributed by atoms with Crippen LogP contribution in [0.1, 0.15) is 10.4 Å². The fourth-order valence-electron chi connectivity index (χ4n) is 2.44. The molecule has 0 radical (unpaired) electrons.